The van der Waals surface area contributed by atoms with Crippen molar-refractivity contribution in [2.24, 2.45) is 7.05 Å². The number of halogens is 2. The van der Waals surface area contributed by atoms with Gasteiger partial charge in [0.05, 0.1) is 23.6 Å². The second-order valence-electron chi connectivity index (χ2n) is 6.93. The van der Waals surface area contributed by atoms with E-state index in [1.165, 1.54) is 30.6 Å². The van der Waals surface area contributed by atoms with Gasteiger partial charge in [0, 0.05) is 18.3 Å². The molecule has 0 saturated carbocycles. The van der Waals surface area contributed by atoms with Crippen molar-refractivity contribution in [1.82, 2.24) is 25.6 Å². The molecule has 3 heterocycles. The van der Waals surface area contributed by atoms with E-state index >= 15 is 0 Å². The molecule has 1 amide bonds. The van der Waals surface area contributed by atoms with Crippen molar-refractivity contribution in [2.45, 2.75) is 18.0 Å². The van der Waals surface area contributed by atoms with Gasteiger partial charge in [0.1, 0.15) is 23.8 Å². The van der Waals surface area contributed by atoms with Gasteiger partial charge in [0.15, 0.2) is 0 Å². The molecule has 9 heteroatoms. The fourth-order valence-electron chi connectivity index (χ4n) is 4.13. The maximum atomic E-state index is 14.2. The van der Waals surface area contributed by atoms with Crippen LogP contribution in [0.2, 0.25) is 0 Å². The lowest BCUT2D eigenvalue weighted by Gasteiger charge is -2.43. The van der Waals surface area contributed by atoms with Crippen LogP contribution in [0.15, 0.2) is 42.7 Å². The Hall–Kier alpha value is -3.33. The number of nitrogens with zero attached hydrogens (tertiary/aromatic N) is 3. The Labute approximate surface area is 158 Å². The monoisotopic (exact) mass is 382 g/mol. The van der Waals surface area contributed by atoms with E-state index in [0.29, 0.717) is 17.1 Å². The highest BCUT2D eigenvalue weighted by Crippen LogP contribution is 2.50. The van der Waals surface area contributed by atoms with Gasteiger partial charge in [0.2, 0.25) is 0 Å². The van der Waals surface area contributed by atoms with Gasteiger partial charge in [-0.15, -0.1) is 0 Å². The third kappa shape index (κ3) is 2.47. The Bertz CT molecular complexity index is 1080. The van der Waals surface area contributed by atoms with Gasteiger partial charge in [-0.25, -0.2) is 19.2 Å². The molecule has 1 aromatic heterocycles. The molecule has 0 saturated heterocycles. The Morgan fingerprint density at radius 2 is 1.86 bits per heavy atom. The van der Waals surface area contributed by atoms with Crippen LogP contribution in [0.3, 0.4) is 0 Å². The summed E-state index contributed by atoms with van der Waals surface area (Å²) in [7, 11) is 1.78. The smallest absolute Gasteiger partial charge is 0.265 e. The third-order valence-corrected chi connectivity index (χ3v) is 5.34. The van der Waals surface area contributed by atoms with E-state index in [2.05, 4.69) is 26.3 Å². The van der Waals surface area contributed by atoms with Crippen LogP contribution in [0.4, 0.5) is 14.5 Å². The van der Waals surface area contributed by atoms with Crippen molar-refractivity contribution in [1.29, 1.82) is 0 Å². The Balaban J connectivity index is 1.73. The van der Waals surface area contributed by atoms with Crippen molar-refractivity contribution in [3.63, 3.8) is 0 Å². The average Bonchev–Trinajstić information content (AvgIpc) is 3.10. The summed E-state index contributed by atoms with van der Waals surface area (Å²) in [6.07, 6.45) is 1.46. The molecule has 0 aliphatic carbocycles. The quantitative estimate of drug-likeness (QED) is 0.634. The average molecular weight is 382 g/mol. The number of rotatable bonds is 2. The summed E-state index contributed by atoms with van der Waals surface area (Å²) in [5.74, 6) is -0.865. The Kier molecular flexibility index (Phi) is 3.66. The molecule has 142 valence electrons. The minimum Gasteiger partial charge on any atom is -0.377 e. The molecule has 0 bridgehead atoms. The molecule has 2 aromatic carbocycles. The number of carbonyl (C=O) groups is 1. The maximum absolute atomic E-state index is 14.2. The number of nitrogens with one attached hydrogen (secondary N) is 3. The van der Waals surface area contributed by atoms with Crippen LogP contribution in [0.1, 0.15) is 45.3 Å². The zero-order valence-electron chi connectivity index (χ0n) is 14.8. The van der Waals surface area contributed by atoms with E-state index in [1.807, 2.05) is 0 Å². The van der Waals surface area contributed by atoms with Crippen LogP contribution < -0.4 is 16.2 Å². The third-order valence-electron chi connectivity index (χ3n) is 5.34. The van der Waals surface area contributed by atoms with Crippen LogP contribution in [0, 0.1) is 11.6 Å². The lowest BCUT2D eigenvalue weighted by molar-refractivity contribution is 0.0897. The minimum atomic E-state index is -0.507. The highest BCUT2D eigenvalue weighted by molar-refractivity contribution is 5.98. The number of carbonyl (C=O) groups excluding carboxylic acids is 1. The zero-order chi connectivity index (χ0) is 19.4. The standard InChI is InChI=1S/C19H16F2N6O/c1-27-18(22-8-23-27)15-16(9-2-4-10(20)5-3-9)24-13-7-11(21)6-12-14(13)17(15)25-26-19(12)28/h2-8,15-17,24-25H,1H3,(H,26,28). The van der Waals surface area contributed by atoms with Crippen LogP contribution in [0.5, 0.6) is 0 Å². The summed E-state index contributed by atoms with van der Waals surface area (Å²) < 4.78 is 29.3. The zero-order valence-corrected chi connectivity index (χ0v) is 14.8. The SMILES string of the molecule is Cn1ncnc1C1C(c2ccc(F)cc2)Nc2cc(F)cc3c2C1NNC3=O. The van der Waals surface area contributed by atoms with Gasteiger partial charge in [0.25, 0.3) is 5.91 Å². The molecule has 0 radical (unpaired) electrons. The molecule has 2 aliphatic heterocycles. The first kappa shape index (κ1) is 16.8. The minimum absolute atomic E-state index is 0.274. The lowest BCUT2D eigenvalue weighted by atomic mass is 9.77. The van der Waals surface area contributed by atoms with Gasteiger partial charge in [-0.2, -0.15) is 5.10 Å². The van der Waals surface area contributed by atoms with Gasteiger partial charge >= 0.3 is 0 Å². The fourth-order valence-corrected chi connectivity index (χ4v) is 4.13. The van der Waals surface area contributed by atoms with Gasteiger partial charge < -0.3 is 5.32 Å². The number of aryl methyl sites for hydroxylation is 1. The van der Waals surface area contributed by atoms with E-state index in [-0.39, 0.29) is 29.4 Å². The first-order valence-corrected chi connectivity index (χ1v) is 8.78. The van der Waals surface area contributed by atoms with Crippen molar-refractivity contribution in [3.8, 4) is 0 Å². The number of benzene rings is 2. The molecule has 5 rings (SSSR count). The number of hydrazine groups is 1. The molecule has 28 heavy (non-hydrogen) atoms. The molecule has 7 nitrogen and oxygen atoms in total. The molecule has 3 unspecified atom stereocenters. The molecule has 3 N–H and O–H groups in total. The number of anilines is 1. The van der Waals surface area contributed by atoms with Crippen molar-refractivity contribution in [3.05, 3.63) is 76.9 Å². The number of aromatic nitrogens is 3. The molecular formula is C19H16F2N6O. The predicted molar refractivity (Wildman–Crippen MR) is 96.3 cm³/mol. The summed E-state index contributed by atoms with van der Waals surface area (Å²) >= 11 is 0. The summed E-state index contributed by atoms with van der Waals surface area (Å²) in [6, 6.07) is 8.01. The van der Waals surface area contributed by atoms with Gasteiger partial charge in [-0.3, -0.25) is 14.9 Å². The molecule has 0 spiro atoms. The van der Waals surface area contributed by atoms with Gasteiger partial charge in [-0.05, 0) is 29.8 Å². The summed E-state index contributed by atoms with van der Waals surface area (Å²) in [5, 5.41) is 7.51. The van der Waals surface area contributed by atoms with Crippen LogP contribution in [-0.4, -0.2) is 20.7 Å². The molecular weight excluding hydrogens is 366 g/mol. The topological polar surface area (TPSA) is 83.9 Å². The van der Waals surface area contributed by atoms with Crippen LogP contribution in [-0.2, 0) is 7.05 Å². The van der Waals surface area contributed by atoms with Gasteiger partial charge in [-0.1, -0.05) is 12.1 Å². The van der Waals surface area contributed by atoms with E-state index in [0.717, 1.165) is 5.56 Å². The van der Waals surface area contributed by atoms with E-state index in [9.17, 15) is 13.6 Å². The van der Waals surface area contributed by atoms with E-state index in [4.69, 9.17) is 0 Å². The summed E-state index contributed by atoms with van der Waals surface area (Å²) in [5.41, 5.74) is 7.95. The number of amides is 1. The molecule has 0 fully saturated rings. The van der Waals surface area contributed by atoms with E-state index < -0.39 is 11.7 Å². The first-order valence-electron chi connectivity index (χ1n) is 8.78. The van der Waals surface area contributed by atoms with Crippen molar-refractivity contribution in [2.75, 3.05) is 5.32 Å². The highest BCUT2D eigenvalue weighted by Gasteiger charge is 2.45. The molecule has 3 aromatic rings. The van der Waals surface area contributed by atoms with Crippen LogP contribution in [0.25, 0.3) is 0 Å². The summed E-state index contributed by atoms with van der Waals surface area (Å²) in [4.78, 5) is 16.7. The van der Waals surface area contributed by atoms with Crippen molar-refractivity contribution >= 4 is 11.6 Å². The number of hydrogen-bond donors (Lipinski definition) is 3. The fraction of sp³-hybridized carbons (Fsp3) is 0.211. The predicted octanol–water partition coefficient (Wildman–Crippen LogP) is 2.33. The Morgan fingerprint density at radius 3 is 2.57 bits per heavy atom. The summed E-state index contributed by atoms with van der Waals surface area (Å²) in [6.45, 7) is 0. The van der Waals surface area contributed by atoms with Crippen molar-refractivity contribution < 1.29 is 13.6 Å². The van der Waals surface area contributed by atoms with Crippen LogP contribution >= 0.6 is 0 Å². The lowest BCUT2D eigenvalue weighted by Crippen LogP contribution is -2.51. The second-order valence-corrected chi connectivity index (χ2v) is 6.93. The second kappa shape index (κ2) is 6.10. The number of hydrogen-bond acceptors (Lipinski definition) is 5. The normalized spacial score (nSPS) is 23.0. The first-order chi connectivity index (χ1) is 13.5. The molecule has 3 atom stereocenters. The maximum Gasteiger partial charge on any atom is 0.265 e. The highest BCUT2D eigenvalue weighted by atomic mass is 19.1. The largest absolute Gasteiger partial charge is 0.377 e. The Morgan fingerprint density at radius 1 is 1.07 bits per heavy atom. The molecule has 2 aliphatic rings. The van der Waals surface area contributed by atoms with E-state index in [1.54, 1.807) is 23.9 Å².